The Balaban J connectivity index is 1.72. The van der Waals surface area contributed by atoms with Gasteiger partial charge < -0.3 is 27.0 Å². The van der Waals surface area contributed by atoms with Crippen molar-refractivity contribution >= 4 is 29.3 Å². The number of carbonyl (C=O) groups excluding carboxylic acids is 4. The van der Waals surface area contributed by atoms with E-state index in [1.807, 2.05) is 4.90 Å². The number of Topliss-reactive ketones (excluding diaryl/α,β-unsaturated/α-hetero) is 2. The van der Waals surface area contributed by atoms with Crippen LogP contribution in [0.5, 0.6) is 0 Å². The molecule has 2 heterocycles. The molecule has 0 spiro atoms. The zero-order valence-corrected chi connectivity index (χ0v) is 19.5. The van der Waals surface area contributed by atoms with Gasteiger partial charge in [0.15, 0.2) is 17.5 Å². The first-order valence-electron chi connectivity index (χ1n) is 11.9. The molecule has 11 heteroatoms. The highest BCUT2D eigenvalue weighted by Gasteiger charge is 2.60. The van der Waals surface area contributed by atoms with Crippen LogP contribution in [0.15, 0.2) is 0 Å². The molecule has 7 N–H and O–H groups in total. The maximum atomic E-state index is 13.6. The Morgan fingerprint density at radius 2 is 1.85 bits per heavy atom. The van der Waals surface area contributed by atoms with Crippen molar-refractivity contribution in [3.05, 3.63) is 0 Å². The summed E-state index contributed by atoms with van der Waals surface area (Å²) in [6.07, 6.45) is 4.88. The fraction of sp³-hybridized carbons (Fsp3) is 0.773. The molecule has 1 aliphatic carbocycles. The topological polar surface area (TPSA) is 170 Å². The highest BCUT2D eigenvalue weighted by Crippen LogP contribution is 2.46. The Morgan fingerprint density at radius 1 is 1.15 bits per heavy atom. The third kappa shape index (κ3) is 5.70. The van der Waals surface area contributed by atoms with Crippen molar-refractivity contribution in [2.75, 3.05) is 19.6 Å². The van der Waals surface area contributed by atoms with Crippen LogP contribution >= 0.6 is 0 Å². The molecular weight excluding hydrogens is 426 g/mol. The standard InChI is InChI=1S/C22H37N7O4/c1-3-4-6-14-19(32)27-15(11-26-14)18(31)22(8-9-22)29-12-16(13(2)30)28-20(33)17(29)7-5-10-25-21(23)24/h14-17,26H,3-12H2,1-2H3,(H,27,32)(H,28,33)(H4,23,24,25)/t14-,15+,16+,17-/m0/s1. The van der Waals surface area contributed by atoms with Gasteiger partial charge in [-0.1, -0.05) is 19.8 Å². The predicted octanol–water partition coefficient (Wildman–Crippen LogP) is -1.24. The van der Waals surface area contributed by atoms with Gasteiger partial charge >= 0.3 is 0 Å². The number of rotatable bonds is 11. The van der Waals surface area contributed by atoms with E-state index in [4.69, 9.17) is 11.1 Å². The second kappa shape index (κ2) is 10.6. The van der Waals surface area contributed by atoms with Gasteiger partial charge in [0, 0.05) is 19.6 Å². The van der Waals surface area contributed by atoms with Crippen molar-refractivity contribution in [3.63, 3.8) is 0 Å². The van der Waals surface area contributed by atoms with Gasteiger partial charge in [-0.2, -0.15) is 0 Å². The zero-order chi connectivity index (χ0) is 24.2. The second-order valence-electron chi connectivity index (χ2n) is 9.38. The van der Waals surface area contributed by atoms with Gasteiger partial charge in [-0.25, -0.2) is 0 Å². The third-order valence-corrected chi connectivity index (χ3v) is 6.93. The van der Waals surface area contributed by atoms with Crippen LogP contribution in [0.3, 0.4) is 0 Å². The summed E-state index contributed by atoms with van der Waals surface area (Å²) in [5.41, 5.74) is 4.48. The van der Waals surface area contributed by atoms with Crippen molar-refractivity contribution in [2.24, 2.45) is 5.73 Å². The maximum Gasteiger partial charge on any atom is 0.238 e. The summed E-state index contributed by atoms with van der Waals surface area (Å²) in [5, 5.41) is 18.9. The second-order valence-corrected chi connectivity index (χ2v) is 9.38. The van der Waals surface area contributed by atoms with Crippen LogP contribution in [0.4, 0.5) is 0 Å². The number of unbranched alkanes of at least 4 members (excludes halogenated alkanes) is 1. The number of hydrogen-bond acceptors (Lipinski definition) is 7. The van der Waals surface area contributed by atoms with Crippen molar-refractivity contribution < 1.29 is 19.2 Å². The molecule has 1 saturated carbocycles. The van der Waals surface area contributed by atoms with Crippen molar-refractivity contribution in [2.45, 2.75) is 88.5 Å². The van der Waals surface area contributed by atoms with Gasteiger partial charge in [-0.15, -0.1) is 0 Å². The SMILES string of the molecule is CCCC[C@@H]1NC[C@H](C(=O)C2(N3C[C@H](C(C)=O)NC(=O)[C@@H]3CCCNC(=N)N)CC2)NC1=O. The number of hydrogen-bond donors (Lipinski definition) is 6. The molecule has 0 radical (unpaired) electrons. The van der Waals surface area contributed by atoms with Crippen LogP contribution in [-0.4, -0.2) is 83.6 Å². The molecule has 0 bridgehead atoms. The molecule has 11 nitrogen and oxygen atoms in total. The lowest BCUT2D eigenvalue weighted by Gasteiger charge is -2.44. The molecule has 0 aromatic rings. The van der Waals surface area contributed by atoms with Gasteiger partial charge in [0.1, 0.15) is 6.04 Å². The van der Waals surface area contributed by atoms with Gasteiger partial charge in [-0.3, -0.25) is 29.5 Å². The van der Waals surface area contributed by atoms with E-state index in [1.54, 1.807) is 0 Å². The quantitative estimate of drug-likeness (QED) is 0.125. The monoisotopic (exact) mass is 463 g/mol. The van der Waals surface area contributed by atoms with Crippen LogP contribution in [0.2, 0.25) is 0 Å². The minimum absolute atomic E-state index is 0.0962. The minimum atomic E-state index is -0.847. The molecule has 33 heavy (non-hydrogen) atoms. The molecule has 3 aliphatic rings. The Kier molecular flexibility index (Phi) is 8.06. The van der Waals surface area contributed by atoms with E-state index in [2.05, 4.69) is 28.2 Å². The van der Waals surface area contributed by atoms with Crippen LogP contribution in [0.25, 0.3) is 0 Å². The number of nitrogens with two attached hydrogens (primary N) is 1. The van der Waals surface area contributed by atoms with E-state index in [1.165, 1.54) is 6.92 Å². The summed E-state index contributed by atoms with van der Waals surface area (Å²) in [7, 11) is 0. The van der Waals surface area contributed by atoms with Crippen molar-refractivity contribution in [3.8, 4) is 0 Å². The van der Waals surface area contributed by atoms with E-state index in [-0.39, 0.29) is 41.9 Å². The highest BCUT2D eigenvalue weighted by molar-refractivity contribution is 6.01. The molecule has 0 unspecified atom stereocenters. The molecule has 0 aromatic heterocycles. The van der Waals surface area contributed by atoms with Crippen LogP contribution in [-0.2, 0) is 19.2 Å². The number of nitrogens with zero attached hydrogens (tertiary/aromatic N) is 1. The summed E-state index contributed by atoms with van der Waals surface area (Å²) < 4.78 is 0. The maximum absolute atomic E-state index is 13.6. The Bertz CT molecular complexity index is 798. The average Bonchev–Trinajstić information content (AvgIpc) is 3.57. The molecular formula is C22H37N7O4. The summed E-state index contributed by atoms with van der Waals surface area (Å²) in [5.74, 6) is -0.813. The number of piperazine rings is 2. The predicted molar refractivity (Wildman–Crippen MR) is 122 cm³/mol. The first-order valence-corrected chi connectivity index (χ1v) is 11.9. The molecule has 2 amide bonds. The molecule has 3 rings (SSSR count). The van der Waals surface area contributed by atoms with E-state index in [0.29, 0.717) is 38.8 Å². The Labute approximate surface area is 194 Å². The first-order chi connectivity index (χ1) is 15.7. The normalized spacial score (nSPS) is 29.0. The van der Waals surface area contributed by atoms with Gasteiger partial charge in [0.05, 0.1) is 23.7 Å². The number of amides is 2. The van der Waals surface area contributed by atoms with Gasteiger partial charge in [0.2, 0.25) is 11.8 Å². The van der Waals surface area contributed by atoms with Crippen molar-refractivity contribution in [1.29, 1.82) is 5.41 Å². The van der Waals surface area contributed by atoms with E-state index < -0.39 is 23.7 Å². The van der Waals surface area contributed by atoms with Gasteiger partial charge in [-0.05, 0) is 39.0 Å². The van der Waals surface area contributed by atoms with E-state index in [9.17, 15) is 19.2 Å². The number of ketones is 2. The summed E-state index contributed by atoms with van der Waals surface area (Å²) >= 11 is 0. The molecule has 2 aliphatic heterocycles. The smallest absolute Gasteiger partial charge is 0.238 e. The first kappa shape index (κ1) is 25.1. The van der Waals surface area contributed by atoms with Crippen LogP contribution in [0.1, 0.15) is 58.8 Å². The molecule has 4 atom stereocenters. The average molecular weight is 464 g/mol. The fourth-order valence-corrected chi connectivity index (χ4v) is 4.88. The Morgan fingerprint density at radius 3 is 2.42 bits per heavy atom. The van der Waals surface area contributed by atoms with E-state index in [0.717, 1.165) is 19.3 Å². The molecule has 3 fully saturated rings. The highest BCUT2D eigenvalue weighted by atomic mass is 16.2. The lowest BCUT2D eigenvalue weighted by molar-refractivity contribution is -0.144. The lowest BCUT2D eigenvalue weighted by atomic mass is 9.92. The zero-order valence-electron chi connectivity index (χ0n) is 19.5. The van der Waals surface area contributed by atoms with Crippen molar-refractivity contribution in [1.82, 2.24) is 26.2 Å². The fourth-order valence-electron chi connectivity index (χ4n) is 4.88. The molecule has 184 valence electrons. The number of guanidine groups is 1. The minimum Gasteiger partial charge on any atom is -0.370 e. The van der Waals surface area contributed by atoms with E-state index >= 15 is 0 Å². The number of nitrogens with one attached hydrogen (secondary N) is 5. The molecule has 2 saturated heterocycles. The van der Waals surface area contributed by atoms with Crippen LogP contribution in [0, 0.1) is 5.41 Å². The summed E-state index contributed by atoms with van der Waals surface area (Å²) in [6, 6.07) is -2.16. The van der Waals surface area contributed by atoms with Crippen LogP contribution < -0.4 is 27.0 Å². The Hall–Kier alpha value is -2.53. The summed E-state index contributed by atoms with van der Waals surface area (Å²) in [4.78, 5) is 53.1. The lowest BCUT2D eigenvalue weighted by Crippen LogP contribution is -2.69. The van der Waals surface area contributed by atoms with Gasteiger partial charge in [0.25, 0.3) is 0 Å². The summed E-state index contributed by atoms with van der Waals surface area (Å²) in [6.45, 7) is 4.57. The largest absolute Gasteiger partial charge is 0.370 e. The third-order valence-electron chi connectivity index (χ3n) is 6.93. The molecule has 0 aromatic carbocycles. The number of carbonyl (C=O) groups is 4.